The zero-order valence-corrected chi connectivity index (χ0v) is 10.9. The maximum Gasteiger partial charge on any atom is 0.431 e. The van der Waals surface area contributed by atoms with Gasteiger partial charge in [-0.05, 0) is 17.7 Å². The summed E-state index contributed by atoms with van der Waals surface area (Å²) in [5.74, 6) is -1.22. The topological polar surface area (TPSA) is 22.0 Å². The van der Waals surface area contributed by atoms with Crippen LogP contribution in [0.2, 0.25) is 5.02 Å². The van der Waals surface area contributed by atoms with E-state index in [2.05, 4.69) is 0 Å². The van der Waals surface area contributed by atoms with Crippen LogP contribution in [0.15, 0.2) is 35.1 Å². The molecule has 20 heavy (non-hydrogen) atoms. The van der Waals surface area contributed by atoms with Crippen LogP contribution in [0.5, 0.6) is 0 Å². The minimum Gasteiger partial charge on any atom is -0.307 e. The van der Waals surface area contributed by atoms with E-state index in [-0.39, 0.29) is 5.56 Å². The maximum atomic E-state index is 13.9. The van der Waals surface area contributed by atoms with Crippen LogP contribution in [0, 0.1) is 5.82 Å². The second-order valence-corrected chi connectivity index (χ2v) is 4.56. The van der Waals surface area contributed by atoms with Crippen molar-refractivity contribution < 1.29 is 17.6 Å². The third-order valence-corrected chi connectivity index (χ3v) is 3.06. The molecule has 1 aromatic heterocycles. The fraction of sp³-hybridized carbons (Fsp3) is 0.154. The molecule has 0 spiro atoms. The van der Waals surface area contributed by atoms with Crippen LogP contribution in [-0.2, 0) is 13.2 Å². The summed E-state index contributed by atoms with van der Waals surface area (Å²) in [5, 5.41) is 0.373. The molecule has 0 saturated carbocycles. The largest absolute Gasteiger partial charge is 0.431 e. The average Bonchev–Trinajstić information content (AvgIpc) is 2.35. The van der Waals surface area contributed by atoms with Crippen molar-refractivity contribution in [2.24, 2.45) is 7.05 Å². The van der Waals surface area contributed by atoms with Gasteiger partial charge in [0.2, 0.25) is 0 Å². The number of aromatic nitrogens is 1. The summed E-state index contributed by atoms with van der Waals surface area (Å²) in [6.45, 7) is 0. The van der Waals surface area contributed by atoms with Crippen LogP contribution >= 0.6 is 11.6 Å². The van der Waals surface area contributed by atoms with Crippen LogP contribution in [-0.4, -0.2) is 4.57 Å². The van der Waals surface area contributed by atoms with Crippen LogP contribution in [0.25, 0.3) is 11.1 Å². The van der Waals surface area contributed by atoms with E-state index in [1.54, 1.807) is 0 Å². The number of halogens is 5. The van der Waals surface area contributed by atoms with Crippen molar-refractivity contribution in [3.8, 4) is 11.1 Å². The zero-order valence-electron chi connectivity index (χ0n) is 10.1. The lowest BCUT2D eigenvalue weighted by atomic mass is 10.1. The van der Waals surface area contributed by atoms with E-state index in [0.29, 0.717) is 15.7 Å². The van der Waals surface area contributed by atoms with Gasteiger partial charge in [-0.3, -0.25) is 4.79 Å². The molecule has 0 radical (unpaired) electrons. The first-order valence-corrected chi connectivity index (χ1v) is 5.82. The number of hydrogen-bond donors (Lipinski definition) is 0. The van der Waals surface area contributed by atoms with Gasteiger partial charge < -0.3 is 4.57 Å². The van der Waals surface area contributed by atoms with E-state index >= 15 is 0 Å². The Morgan fingerprint density at radius 2 is 1.70 bits per heavy atom. The summed E-state index contributed by atoms with van der Waals surface area (Å²) in [6.07, 6.45) is -4.80. The van der Waals surface area contributed by atoms with Gasteiger partial charge in [-0.1, -0.05) is 23.7 Å². The molecule has 7 heteroatoms. The molecule has 0 amide bonds. The highest BCUT2D eigenvalue weighted by Crippen LogP contribution is 2.30. The summed E-state index contributed by atoms with van der Waals surface area (Å²) in [4.78, 5) is 11.9. The van der Waals surface area contributed by atoms with Gasteiger partial charge in [0.15, 0.2) is 0 Å². The standard InChI is InChI=1S/C13H8ClF4NO/c1-19-10(13(16,17)18)6-9(15)11(12(19)20)7-2-4-8(14)5-3-7/h2-6H,1H3. The van der Waals surface area contributed by atoms with Crippen LogP contribution in [0.4, 0.5) is 17.6 Å². The monoisotopic (exact) mass is 305 g/mol. The van der Waals surface area contributed by atoms with Gasteiger partial charge in [0.1, 0.15) is 11.5 Å². The predicted molar refractivity (Wildman–Crippen MR) is 67.1 cm³/mol. The fourth-order valence-electron chi connectivity index (χ4n) is 1.82. The van der Waals surface area contributed by atoms with Gasteiger partial charge in [0.25, 0.3) is 5.56 Å². The van der Waals surface area contributed by atoms with E-state index in [1.165, 1.54) is 24.3 Å². The molecule has 0 unspecified atom stereocenters. The lowest BCUT2D eigenvalue weighted by Gasteiger charge is -2.14. The van der Waals surface area contributed by atoms with E-state index in [9.17, 15) is 22.4 Å². The molecule has 0 aliphatic heterocycles. The molecule has 2 aromatic rings. The maximum absolute atomic E-state index is 13.9. The van der Waals surface area contributed by atoms with Gasteiger partial charge in [0.05, 0.1) is 5.56 Å². The van der Waals surface area contributed by atoms with Crippen LogP contribution in [0.3, 0.4) is 0 Å². The van der Waals surface area contributed by atoms with Crippen molar-refractivity contribution in [1.82, 2.24) is 4.57 Å². The van der Waals surface area contributed by atoms with Crippen LogP contribution in [0.1, 0.15) is 5.69 Å². The summed E-state index contributed by atoms with van der Waals surface area (Å²) in [5.41, 5.74) is -2.64. The Kier molecular flexibility index (Phi) is 3.60. The van der Waals surface area contributed by atoms with Crippen molar-refractivity contribution in [3.05, 3.63) is 57.2 Å². The molecule has 2 nitrogen and oxygen atoms in total. The van der Waals surface area contributed by atoms with Gasteiger partial charge >= 0.3 is 6.18 Å². The lowest BCUT2D eigenvalue weighted by Crippen LogP contribution is -2.27. The molecule has 0 atom stereocenters. The van der Waals surface area contributed by atoms with Crippen molar-refractivity contribution in [1.29, 1.82) is 0 Å². The molecule has 0 bridgehead atoms. The molecule has 1 aromatic carbocycles. The fourth-order valence-corrected chi connectivity index (χ4v) is 1.94. The number of hydrogen-bond acceptors (Lipinski definition) is 1. The first kappa shape index (κ1) is 14.6. The van der Waals surface area contributed by atoms with Crippen molar-refractivity contribution in [2.75, 3.05) is 0 Å². The highest BCUT2D eigenvalue weighted by atomic mass is 35.5. The normalized spacial score (nSPS) is 11.7. The van der Waals surface area contributed by atoms with Crippen LogP contribution < -0.4 is 5.56 Å². The van der Waals surface area contributed by atoms with Crippen molar-refractivity contribution in [3.63, 3.8) is 0 Å². The molecule has 0 aliphatic rings. The van der Waals surface area contributed by atoms with E-state index in [0.717, 1.165) is 7.05 Å². The third-order valence-electron chi connectivity index (χ3n) is 2.81. The third kappa shape index (κ3) is 2.56. The van der Waals surface area contributed by atoms with Crippen molar-refractivity contribution in [2.45, 2.75) is 6.18 Å². The minimum absolute atomic E-state index is 0.168. The highest BCUT2D eigenvalue weighted by molar-refractivity contribution is 6.30. The molecule has 106 valence electrons. The molecular formula is C13H8ClF4NO. The van der Waals surface area contributed by atoms with E-state index < -0.39 is 28.8 Å². The Hall–Kier alpha value is -1.82. The van der Waals surface area contributed by atoms with Gasteiger partial charge in [-0.15, -0.1) is 0 Å². The number of pyridine rings is 1. The van der Waals surface area contributed by atoms with E-state index in [4.69, 9.17) is 11.6 Å². The van der Waals surface area contributed by atoms with E-state index in [1.807, 2.05) is 0 Å². The highest BCUT2D eigenvalue weighted by Gasteiger charge is 2.35. The van der Waals surface area contributed by atoms with Crippen molar-refractivity contribution >= 4 is 11.6 Å². The minimum atomic E-state index is -4.80. The van der Waals surface area contributed by atoms with Gasteiger partial charge in [-0.2, -0.15) is 13.2 Å². The van der Waals surface area contributed by atoms with Gasteiger partial charge in [0, 0.05) is 18.1 Å². The Balaban J connectivity index is 2.71. The molecule has 0 aliphatic carbocycles. The predicted octanol–water partition coefficient (Wildman–Crippen LogP) is 3.86. The zero-order chi connectivity index (χ0) is 15.1. The summed E-state index contributed by atoms with van der Waals surface area (Å²) in [6, 6.07) is 5.90. The average molecular weight is 306 g/mol. The molecule has 0 N–H and O–H groups in total. The first-order chi connectivity index (χ1) is 9.21. The number of rotatable bonds is 1. The number of benzene rings is 1. The molecule has 1 heterocycles. The summed E-state index contributed by atoms with van der Waals surface area (Å²) >= 11 is 5.67. The number of nitrogens with zero attached hydrogens (tertiary/aromatic N) is 1. The molecule has 0 saturated heterocycles. The molecule has 2 rings (SSSR count). The second-order valence-electron chi connectivity index (χ2n) is 4.12. The van der Waals surface area contributed by atoms with Gasteiger partial charge in [-0.25, -0.2) is 4.39 Å². The first-order valence-electron chi connectivity index (χ1n) is 5.44. The Morgan fingerprint density at radius 1 is 1.15 bits per heavy atom. The second kappa shape index (κ2) is 4.94. The molecule has 0 fully saturated rings. The quantitative estimate of drug-likeness (QED) is 0.733. The number of alkyl halides is 3. The molecular weight excluding hydrogens is 298 g/mol. The smallest absolute Gasteiger partial charge is 0.307 e. The SMILES string of the molecule is Cn1c(C(F)(F)F)cc(F)c(-c2ccc(Cl)cc2)c1=O. The Morgan fingerprint density at radius 3 is 2.20 bits per heavy atom. The lowest BCUT2D eigenvalue weighted by molar-refractivity contribution is -0.143. The summed E-state index contributed by atoms with van der Waals surface area (Å²) in [7, 11) is 0.948. The summed E-state index contributed by atoms with van der Waals surface area (Å²) < 4.78 is 52.2. The Bertz CT molecular complexity index is 704. The Labute approximate surface area is 116 Å².